The molecule has 0 bridgehead atoms. The summed E-state index contributed by atoms with van der Waals surface area (Å²) in [6.07, 6.45) is 0.927. The molecule has 13 heavy (non-hydrogen) atoms. The van der Waals surface area contributed by atoms with E-state index in [0.29, 0.717) is 12.4 Å². The normalized spacial score (nSPS) is 15.3. The standard InChI is InChI=1S/C8H17NO3S/c1-8(9,7(10)11)6-13-5-3-4-12-2/h3-6,9H2,1-2H3,(H,10,11). The van der Waals surface area contributed by atoms with Gasteiger partial charge in [-0.05, 0) is 19.1 Å². The van der Waals surface area contributed by atoms with Crippen molar-refractivity contribution in [3.05, 3.63) is 0 Å². The number of hydrogen-bond donors (Lipinski definition) is 2. The second kappa shape index (κ2) is 6.23. The fourth-order valence-electron chi connectivity index (χ4n) is 0.651. The molecule has 0 saturated carbocycles. The molecule has 0 aliphatic carbocycles. The first-order valence-electron chi connectivity index (χ1n) is 4.09. The third-order valence-corrected chi connectivity index (χ3v) is 2.91. The molecular formula is C8H17NO3S. The van der Waals surface area contributed by atoms with E-state index in [1.54, 1.807) is 18.9 Å². The highest BCUT2D eigenvalue weighted by atomic mass is 32.2. The Morgan fingerprint density at radius 2 is 2.31 bits per heavy atom. The molecule has 0 radical (unpaired) electrons. The van der Waals surface area contributed by atoms with E-state index in [4.69, 9.17) is 15.6 Å². The molecule has 78 valence electrons. The van der Waals surface area contributed by atoms with Gasteiger partial charge in [0.05, 0.1) is 0 Å². The van der Waals surface area contributed by atoms with Crippen molar-refractivity contribution in [2.24, 2.45) is 5.73 Å². The van der Waals surface area contributed by atoms with Crippen molar-refractivity contribution in [1.29, 1.82) is 0 Å². The van der Waals surface area contributed by atoms with Crippen LogP contribution in [0.1, 0.15) is 13.3 Å². The summed E-state index contributed by atoms with van der Waals surface area (Å²) in [5, 5.41) is 8.68. The maximum absolute atomic E-state index is 10.6. The van der Waals surface area contributed by atoms with E-state index in [1.807, 2.05) is 0 Å². The van der Waals surface area contributed by atoms with Gasteiger partial charge < -0.3 is 15.6 Å². The molecule has 0 amide bonds. The number of rotatable bonds is 7. The Hall–Kier alpha value is -0.260. The zero-order valence-corrected chi connectivity index (χ0v) is 8.89. The lowest BCUT2D eigenvalue weighted by Gasteiger charge is -2.18. The van der Waals surface area contributed by atoms with Crippen molar-refractivity contribution in [3.8, 4) is 0 Å². The van der Waals surface area contributed by atoms with E-state index in [0.717, 1.165) is 12.2 Å². The molecule has 5 heteroatoms. The van der Waals surface area contributed by atoms with Gasteiger partial charge in [0.2, 0.25) is 0 Å². The summed E-state index contributed by atoms with van der Waals surface area (Å²) >= 11 is 1.54. The van der Waals surface area contributed by atoms with Crippen molar-refractivity contribution in [2.75, 3.05) is 25.2 Å². The predicted molar refractivity (Wildman–Crippen MR) is 54.0 cm³/mol. The van der Waals surface area contributed by atoms with Gasteiger partial charge in [0.25, 0.3) is 0 Å². The molecule has 0 spiro atoms. The van der Waals surface area contributed by atoms with Gasteiger partial charge >= 0.3 is 5.97 Å². The lowest BCUT2D eigenvalue weighted by atomic mass is 10.1. The monoisotopic (exact) mass is 207 g/mol. The number of carbonyl (C=O) groups is 1. The molecular weight excluding hydrogens is 190 g/mol. The maximum Gasteiger partial charge on any atom is 0.324 e. The molecule has 4 nitrogen and oxygen atoms in total. The van der Waals surface area contributed by atoms with Gasteiger partial charge in [-0.3, -0.25) is 4.79 Å². The van der Waals surface area contributed by atoms with Crippen LogP contribution in [0.2, 0.25) is 0 Å². The van der Waals surface area contributed by atoms with Crippen LogP contribution in [-0.2, 0) is 9.53 Å². The van der Waals surface area contributed by atoms with Gasteiger partial charge in [-0.1, -0.05) is 0 Å². The number of ether oxygens (including phenoxy) is 1. The Morgan fingerprint density at radius 3 is 2.77 bits per heavy atom. The minimum atomic E-state index is -1.11. The van der Waals surface area contributed by atoms with E-state index in [2.05, 4.69) is 0 Å². The minimum absolute atomic E-state index is 0.437. The summed E-state index contributed by atoms with van der Waals surface area (Å²) in [5.74, 6) is 0.367. The van der Waals surface area contributed by atoms with Crippen molar-refractivity contribution >= 4 is 17.7 Å². The van der Waals surface area contributed by atoms with Crippen LogP contribution in [0, 0.1) is 0 Å². The smallest absolute Gasteiger partial charge is 0.324 e. The highest BCUT2D eigenvalue weighted by molar-refractivity contribution is 7.99. The van der Waals surface area contributed by atoms with Crippen LogP contribution < -0.4 is 5.73 Å². The summed E-state index contributed by atoms with van der Waals surface area (Å²) in [4.78, 5) is 10.6. The predicted octanol–water partition coefficient (Wildman–Crippen LogP) is 0.558. The van der Waals surface area contributed by atoms with Crippen molar-refractivity contribution < 1.29 is 14.6 Å². The molecule has 0 fully saturated rings. The molecule has 1 atom stereocenters. The van der Waals surface area contributed by atoms with Gasteiger partial charge in [0.1, 0.15) is 5.54 Å². The molecule has 0 aromatic rings. The Kier molecular flexibility index (Phi) is 6.11. The highest BCUT2D eigenvalue weighted by Gasteiger charge is 2.27. The zero-order chi connectivity index (χ0) is 10.3. The Labute approximate surface area is 82.8 Å². The number of carboxylic acid groups (broad SMARTS) is 1. The van der Waals surface area contributed by atoms with Crippen LogP contribution in [0.4, 0.5) is 0 Å². The van der Waals surface area contributed by atoms with Crippen LogP contribution in [0.3, 0.4) is 0 Å². The van der Waals surface area contributed by atoms with Crippen LogP contribution in [0.25, 0.3) is 0 Å². The van der Waals surface area contributed by atoms with E-state index >= 15 is 0 Å². The third-order valence-electron chi connectivity index (χ3n) is 1.53. The van der Waals surface area contributed by atoms with Gasteiger partial charge in [-0.15, -0.1) is 0 Å². The van der Waals surface area contributed by atoms with Crippen LogP contribution in [-0.4, -0.2) is 41.8 Å². The fourth-order valence-corrected chi connectivity index (χ4v) is 1.67. The SMILES string of the molecule is COCCCSCC(C)(N)C(=O)O. The quantitative estimate of drug-likeness (QED) is 0.597. The van der Waals surface area contributed by atoms with Gasteiger partial charge in [0.15, 0.2) is 0 Å². The average molecular weight is 207 g/mol. The van der Waals surface area contributed by atoms with E-state index in [-0.39, 0.29) is 0 Å². The largest absolute Gasteiger partial charge is 0.480 e. The van der Waals surface area contributed by atoms with Crippen LogP contribution in [0.5, 0.6) is 0 Å². The van der Waals surface area contributed by atoms with E-state index < -0.39 is 11.5 Å². The van der Waals surface area contributed by atoms with Gasteiger partial charge in [-0.25, -0.2) is 0 Å². The summed E-state index contributed by atoms with van der Waals surface area (Å²) in [5.41, 5.74) is 4.41. The Balaban J connectivity index is 3.46. The lowest BCUT2D eigenvalue weighted by molar-refractivity contribution is -0.141. The second-order valence-electron chi connectivity index (χ2n) is 3.12. The first-order chi connectivity index (χ1) is 6.00. The van der Waals surface area contributed by atoms with Crippen molar-refractivity contribution in [1.82, 2.24) is 0 Å². The highest BCUT2D eigenvalue weighted by Crippen LogP contribution is 2.11. The third kappa shape index (κ3) is 5.90. The Bertz CT molecular complexity index is 161. The first-order valence-corrected chi connectivity index (χ1v) is 5.25. The van der Waals surface area contributed by atoms with Crippen molar-refractivity contribution in [2.45, 2.75) is 18.9 Å². The zero-order valence-electron chi connectivity index (χ0n) is 8.08. The number of thioether (sulfide) groups is 1. The summed E-state index contributed by atoms with van der Waals surface area (Å²) in [6.45, 7) is 2.24. The maximum atomic E-state index is 10.6. The van der Waals surface area contributed by atoms with Gasteiger partial charge in [0, 0.05) is 19.5 Å². The molecule has 0 aromatic carbocycles. The summed E-state index contributed by atoms with van der Waals surface area (Å²) in [6, 6.07) is 0. The average Bonchev–Trinajstić information content (AvgIpc) is 2.03. The molecule has 0 saturated heterocycles. The molecule has 0 aliphatic rings. The van der Waals surface area contributed by atoms with E-state index in [1.165, 1.54) is 6.92 Å². The summed E-state index contributed by atoms with van der Waals surface area (Å²) < 4.78 is 4.86. The second-order valence-corrected chi connectivity index (χ2v) is 4.23. The number of aliphatic carboxylic acids is 1. The molecule has 3 N–H and O–H groups in total. The topological polar surface area (TPSA) is 72.5 Å². The molecule has 0 aliphatic heterocycles. The number of methoxy groups -OCH3 is 1. The van der Waals surface area contributed by atoms with Crippen LogP contribution >= 0.6 is 11.8 Å². The number of nitrogens with two attached hydrogens (primary N) is 1. The van der Waals surface area contributed by atoms with E-state index in [9.17, 15) is 4.79 Å². The number of hydrogen-bond acceptors (Lipinski definition) is 4. The lowest BCUT2D eigenvalue weighted by Crippen LogP contribution is -2.47. The fraction of sp³-hybridized carbons (Fsp3) is 0.875. The van der Waals surface area contributed by atoms with Crippen LogP contribution in [0.15, 0.2) is 0 Å². The molecule has 0 aromatic heterocycles. The van der Waals surface area contributed by atoms with Gasteiger partial charge in [-0.2, -0.15) is 11.8 Å². The Morgan fingerprint density at radius 1 is 1.69 bits per heavy atom. The molecule has 0 heterocycles. The first kappa shape index (κ1) is 12.7. The molecule has 0 rings (SSSR count). The minimum Gasteiger partial charge on any atom is -0.480 e. The van der Waals surface area contributed by atoms with Crippen molar-refractivity contribution in [3.63, 3.8) is 0 Å². The number of carboxylic acids is 1. The summed E-state index contributed by atoms with van der Waals surface area (Å²) in [7, 11) is 1.65. The molecule has 1 unspecified atom stereocenters.